The van der Waals surface area contributed by atoms with Crippen LogP contribution in [-0.4, -0.2) is 12.7 Å². The number of carbonyl (C=O) groups excluding carboxylic acids is 1. The van der Waals surface area contributed by atoms with E-state index >= 15 is 0 Å². The highest BCUT2D eigenvalue weighted by Gasteiger charge is 2.17. The molecule has 0 spiro atoms. The monoisotopic (exact) mass is 357 g/mol. The van der Waals surface area contributed by atoms with Gasteiger partial charge in [-0.15, -0.1) is 0 Å². The van der Waals surface area contributed by atoms with E-state index in [1.54, 1.807) is 24.5 Å². The first-order valence-corrected chi connectivity index (χ1v) is 8.26. The molecule has 1 amide bonds. The third kappa shape index (κ3) is 2.81. The Hall–Kier alpha value is -2.66. The van der Waals surface area contributed by atoms with E-state index in [0.717, 1.165) is 27.7 Å². The minimum atomic E-state index is -0.141. The number of rotatable bonds is 3. The van der Waals surface area contributed by atoms with Crippen molar-refractivity contribution in [2.24, 2.45) is 0 Å². The molecule has 1 aliphatic rings. The highest BCUT2D eigenvalue weighted by molar-refractivity contribution is 6.33. The van der Waals surface area contributed by atoms with E-state index in [9.17, 15) is 4.79 Å². The second kappa shape index (κ2) is 6.01. The van der Waals surface area contributed by atoms with Gasteiger partial charge in [0.1, 0.15) is 5.58 Å². The molecule has 0 radical (unpaired) electrons. The van der Waals surface area contributed by atoms with Crippen molar-refractivity contribution in [1.29, 1.82) is 0 Å². The number of benzene rings is 2. The lowest BCUT2D eigenvalue weighted by Crippen LogP contribution is -2.14. The molecule has 0 saturated heterocycles. The Labute approximate surface area is 149 Å². The fraction of sp³-hybridized carbons (Fsp3) is 0.211. The molecule has 0 fully saturated rings. The Kier molecular flexibility index (Phi) is 3.81. The van der Waals surface area contributed by atoms with Gasteiger partial charge in [-0.1, -0.05) is 11.6 Å². The van der Waals surface area contributed by atoms with Crippen LogP contribution in [0.1, 0.15) is 16.7 Å². The van der Waals surface area contributed by atoms with Crippen LogP contribution in [0.2, 0.25) is 5.02 Å². The third-order valence-electron chi connectivity index (χ3n) is 4.30. The molecule has 1 aliphatic heterocycles. The number of ether oxygens (including phenoxy) is 2. The second-order valence-electron chi connectivity index (χ2n) is 6.06. The van der Waals surface area contributed by atoms with Crippen LogP contribution in [0.4, 0.5) is 5.69 Å². The number of fused-ring (bicyclic) bond motifs is 2. The van der Waals surface area contributed by atoms with Gasteiger partial charge in [0.05, 0.1) is 12.7 Å². The molecule has 6 heteroatoms. The zero-order valence-corrected chi connectivity index (χ0v) is 14.6. The van der Waals surface area contributed by atoms with Gasteiger partial charge in [0.15, 0.2) is 11.5 Å². The maximum absolute atomic E-state index is 12.4. The largest absolute Gasteiger partial charge is 0.464 e. The van der Waals surface area contributed by atoms with Gasteiger partial charge in [-0.2, -0.15) is 0 Å². The number of furan rings is 1. The van der Waals surface area contributed by atoms with E-state index in [2.05, 4.69) is 5.32 Å². The molecule has 4 rings (SSSR count). The van der Waals surface area contributed by atoms with Crippen molar-refractivity contribution in [2.45, 2.75) is 20.3 Å². The standard InChI is InChI=1S/C19H16ClNO4/c1-10-5-16-18(11(2)19(10)20)12(8-23-16)6-17(22)21-13-3-4-14-15(7-13)25-9-24-14/h3-5,7-8H,6,9H2,1-2H3,(H,21,22). The number of nitrogens with one attached hydrogen (secondary N) is 1. The summed E-state index contributed by atoms with van der Waals surface area (Å²) in [4.78, 5) is 12.4. The minimum absolute atomic E-state index is 0.141. The lowest BCUT2D eigenvalue weighted by atomic mass is 10.0. The molecule has 0 unspecified atom stereocenters. The molecule has 25 heavy (non-hydrogen) atoms. The summed E-state index contributed by atoms with van der Waals surface area (Å²) in [7, 11) is 0. The SMILES string of the molecule is Cc1cc2occ(CC(=O)Nc3ccc4c(c3)OCO4)c2c(C)c1Cl. The number of anilines is 1. The first-order valence-electron chi connectivity index (χ1n) is 7.88. The van der Waals surface area contributed by atoms with Gasteiger partial charge in [-0.25, -0.2) is 0 Å². The number of hydrogen-bond donors (Lipinski definition) is 1. The number of aryl methyl sites for hydroxylation is 2. The van der Waals surface area contributed by atoms with Crippen LogP contribution in [0.25, 0.3) is 11.0 Å². The number of halogens is 1. The van der Waals surface area contributed by atoms with Gasteiger partial charge in [0, 0.05) is 27.7 Å². The summed E-state index contributed by atoms with van der Waals surface area (Å²) in [6, 6.07) is 7.20. The van der Waals surface area contributed by atoms with Crippen molar-refractivity contribution in [3.8, 4) is 11.5 Å². The molecule has 128 valence electrons. The molecule has 2 aromatic carbocycles. The smallest absolute Gasteiger partial charge is 0.231 e. The topological polar surface area (TPSA) is 60.7 Å². The quantitative estimate of drug-likeness (QED) is 0.743. The predicted octanol–water partition coefficient (Wildman–Crippen LogP) is 4.61. The van der Waals surface area contributed by atoms with Crippen LogP contribution in [-0.2, 0) is 11.2 Å². The molecule has 0 aliphatic carbocycles. The molecule has 0 saturated carbocycles. The summed E-state index contributed by atoms with van der Waals surface area (Å²) < 4.78 is 16.2. The number of amides is 1. The summed E-state index contributed by atoms with van der Waals surface area (Å²) in [6.07, 6.45) is 1.81. The molecule has 1 aromatic heterocycles. The summed E-state index contributed by atoms with van der Waals surface area (Å²) in [5.41, 5.74) is 4.10. The van der Waals surface area contributed by atoms with Gasteiger partial charge in [0.25, 0.3) is 0 Å². The van der Waals surface area contributed by atoms with Crippen molar-refractivity contribution in [3.63, 3.8) is 0 Å². The fourth-order valence-corrected chi connectivity index (χ4v) is 3.24. The zero-order chi connectivity index (χ0) is 17.6. The Morgan fingerprint density at radius 3 is 2.84 bits per heavy atom. The first-order chi connectivity index (χ1) is 12.0. The van der Waals surface area contributed by atoms with Gasteiger partial charge >= 0.3 is 0 Å². The Balaban J connectivity index is 1.57. The molecule has 0 atom stereocenters. The van der Waals surface area contributed by atoms with Crippen LogP contribution in [0, 0.1) is 13.8 Å². The lowest BCUT2D eigenvalue weighted by Gasteiger charge is -2.07. The normalized spacial score (nSPS) is 12.6. The highest BCUT2D eigenvalue weighted by Crippen LogP contribution is 2.35. The van der Waals surface area contributed by atoms with Crippen molar-refractivity contribution >= 4 is 34.2 Å². The third-order valence-corrected chi connectivity index (χ3v) is 4.88. The molecule has 0 bridgehead atoms. The highest BCUT2D eigenvalue weighted by atomic mass is 35.5. The zero-order valence-electron chi connectivity index (χ0n) is 13.8. The van der Waals surface area contributed by atoms with E-state index in [-0.39, 0.29) is 19.1 Å². The van der Waals surface area contributed by atoms with E-state index < -0.39 is 0 Å². The molecule has 3 aromatic rings. The average molecular weight is 358 g/mol. The fourth-order valence-electron chi connectivity index (χ4n) is 3.09. The van der Waals surface area contributed by atoms with Crippen molar-refractivity contribution < 1.29 is 18.7 Å². The summed E-state index contributed by atoms with van der Waals surface area (Å²) >= 11 is 6.34. The van der Waals surface area contributed by atoms with Crippen LogP contribution in [0.15, 0.2) is 34.9 Å². The van der Waals surface area contributed by atoms with Gasteiger partial charge < -0.3 is 19.2 Å². The summed E-state index contributed by atoms with van der Waals surface area (Å²) in [5.74, 6) is 1.17. The van der Waals surface area contributed by atoms with E-state index in [1.165, 1.54) is 0 Å². The molecular weight excluding hydrogens is 342 g/mol. The van der Waals surface area contributed by atoms with E-state index in [1.807, 2.05) is 19.9 Å². The Morgan fingerprint density at radius 2 is 2.00 bits per heavy atom. The second-order valence-corrected chi connectivity index (χ2v) is 6.44. The average Bonchev–Trinajstić information content (AvgIpc) is 3.19. The number of carbonyl (C=O) groups is 1. The van der Waals surface area contributed by atoms with Crippen molar-refractivity contribution in [1.82, 2.24) is 0 Å². The lowest BCUT2D eigenvalue weighted by molar-refractivity contribution is -0.115. The van der Waals surface area contributed by atoms with Gasteiger partial charge in [-0.05, 0) is 43.2 Å². The van der Waals surface area contributed by atoms with E-state index in [0.29, 0.717) is 22.2 Å². The van der Waals surface area contributed by atoms with Crippen molar-refractivity contribution in [3.05, 3.63) is 52.2 Å². The van der Waals surface area contributed by atoms with Crippen LogP contribution in [0.3, 0.4) is 0 Å². The minimum Gasteiger partial charge on any atom is -0.464 e. The maximum atomic E-state index is 12.4. The summed E-state index contributed by atoms with van der Waals surface area (Å²) in [5, 5.41) is 4.47. The van der Waals surface area contributed by atoms with Crippen LogP contribution < -0.4 is 14.8 Å². The first kappa shape index (κ1) is 15.8. The Bertz CT molecular complexity index is 993. The van der Waals surface area contributed by atoms with Gasteiger partial charge in [0.2, 0.25) is 12.7 Å². The molecule has 2 heterocycles. The predicted molar refractivity (Wildman–Crippen MR) is 95.6 cm³/mol. The van der Waals surface area contributed by atoms with Crippen LogP contribution in [0.5, 0.6) is 11.5 Å². The Morgan fingerprint density at radius 1 is 1.20 bits per heavy atom. The van der Waals surface area contributed by atoms with Gasteiger partial charge in [-0.3, -0.25) is 4.79 Å². The maximum Gasteiger partial charge on any atom is 0.231 e. The molecular formula is C19H16ClNO4. The van der Waals surface area contributed by atoms with Crippen LogP contribution >= 0.6 is 11.6 Å². The van der Waals surface area contributed by atoms with E-state index in [4.69, 9.17) is 25.5 Å². The molecule has 1 N–H and O–H groups in total. The molecule has 5 nitrogen and oxygen atoms in total. The summed E-state index contributed by atoms with van der Waals surface area (Å²) in [6.45, 7) is 4.07. The van der Waals surface area contributed by atoms with Crippen molar-refractivity contribution in [2.75, 3.05) is 12.1 Å². The number of hydrogen-bond acceptors (Lipinski definition) is 4.